The second-order valence-corrected chi connectivity index (χ2v) is 11.2. The van der Waals surface area contributed by atoms with E-state index in [4.69, 9.17) is 16.3 Å². The molecule has 4 aromatic rings. The number of carboxylic acids is 1. The number of fused-ring (bicyclic) bond motifs is 1. The monoisotopic (exact) mass is 595 g/mol. The first kappa shape index (κ1) is 30.2. The molecule has 0 radical (unpaired) electrons. The van der Waals surface area contributed by atoms with E-state index in [1.807, 2.05) is 12.1 Å². The lowest BCUT2D eigenvalue weighted by Crippen LogP contribution is -2.39. The number of nitrogens with one attached hydrogen (secondary N) is 1. The standard InChI is InChI=1S/C35H34ClN3O4/c1-2-24-6-3-4-7-28(24)30-9-5-8-29-25(10-11-31(29)30)13-26-15-34(43-21-23-12-22(16-37)17-38-18-23)27(14-32(26)36)19-39-33(20-40)35(41)42/h3-9,12,14-15,17-18,25,33,39-40H,2,10-11,13,19-21H2,1H3,(H,41,42)/t25-,33?/m1/s1. The van der Waals surface area contributed by atoms with Crippen molar-refractivity contribution >= 4 is 17.6 Å². The molecule has 0 fully saturated rings. The maximum Gasteiger partial charge on any atom is 0.323 e. The van der Waals surface area contributed by atoms with E-state index in [0.29, 0.717) is 27.8 Å². The van der Waals surface area contributed by atoms with Crippen molar-refractivity contribution in [1.82, 2.24) is 10.3 Å². The van der Waals surface area contributed by atoms with Crippen LogP contribution in [0.5, 0.6) is 5.75 Å². The van der Waals surface area contributed by atoms with Gasteiger partial charge in [0.05, 0.1) is 12.2 Å². The topological polar surface area (TPSA) is 115 Å². The predicted molar refractivity (Wildman–Crippen MR) is 166 cm³/mol. The second-order valence-electron chi connectivity index (χ2n) is 10.8. The summed E-state index contributed by atoms with van der Waals surface area (Å²) in [4.78, 5) is 15.6. The van der Waals surface area contributed by atoms with Crippen LogP contribution in [0.2, 0.25) is 5.02 Å². The molecule has 0 saturated heterocycles. The van der Waals surface area contributed by atoms with Gasteiger partial charge in [0.2, 0.25) is 0 Å². The zero-order chi connectivity index (χ0) is 30.3. The molecular formula is C35H34ClN3O4. The number of hydrogen-bond donors (Lipinski definition) is 3. The third-order valence-electron chi connectivity index (χ3n) is 8.12. The first-order chi connectivity index (χ1) is 20.9. The summed E-state index contributed by atoms with van der Waals surface area (Å²) in [5, 5.41) is 31.5. The molecule has 3 N–H and O–H groups in total. The van der Waals surface area contributed by atoms with Crippen LogP contribution in [0.15, 0.2) is 73.1 Å². The Kier molecular flexibility index (Phi) is 9.73. The number of aliphatic carboxylic acids is 1. The maximum atomic E-state index is 11.5. The number of aryl methyl sites for hydroxylation is 1. The Bertz CT molecular complexity index is 1670. The van der Waals surface area contributed by atoms with Gasteiger partial charge < -0.3 is 14.9 Å². The molecule has 43 heavy (non-hydrogen) atoms. The summed E-state index contributed by atoms with van der Waals surface area (Å²) >= 11 is 6.85. The van der Waals surface area contributed by atoms with Gasteiger partial charge in [-0.15, -0.1) is 0 Å². The zero-order valence-electron chi connectivity index (χ0n) is 24.0. The molecule has 1 heterocycles. The Morgan fingerprint density at radius 3 is 2.70 bits per heavy atom. The van der Waals surface area contributed by atoms with Crippen molar-refractivity contribution in [2.75, 3.05) is 6.61 Å². The third kappa shape index (κ3) is 6.89. The molecular weight excluding hydrogens is 562 g/mol. The van der Waals surface area contributed by atoms with E-state index in [1.165, 1.54) is 34.0 Å². The number of aliphatic hydroxyl groups excluding tert-OH is 1. The van der Waals surface area contributed by atoms with Crippen LogP contribution >= 0.6 is 11.6 Å². The van der Waals surface area contributed by atoms with Crippen LogP contribution in [0.25, 0.3) is 11.1 Å². The van der Waals surface area contributed by atoms with Gasteiger partial charge in [0.25, 0.3) is 0 Å². The number of carbonyl (C=O) groups is 1. The fourth-order valence-electron chi connectivity index (χ4n) is 5.88. The molecule has 0 aliphatic heterocycles. The Labute approximate surface area is 256 Å². The van der Waals surface area contributed by atoms with Gasteiger partial charge in [-0.1, -0.05) is 61.0 Å². The molecule has 0 spiro atoms. The van der Waals surface area contributed by atoms with Crippen molar-refractivity contribution in [1.29, 1.82) is 5.26 Å². The number of aliphatic hydroxyl groups is 1. The van der Waals surface area contributed by atoms with Crippen LogP contribution in [0.3, 0.4) is 0 Å². The Morgan fingerprint density at radius 1 is 1.12 bits per heavy atom. The largest absolute Gasteiger partial charge is 0.489 e. The second kappa shape index (κ2) is 13.8. The Morgan fingerprint density at radius 2 is 1.93 bits per heavy atom. The maximum absolute atomic E-state index is 11.5. The fourth-order valence-corrected chi connectivity index (χ4v) is 6.14. The van der Waals surface area contributed by atoms with E-state index in [-0.39, 0.29) is 13.2 Å². The number of hydrogen-bond acceptors (Lipinski definition) is 6. The Balaban J connectivity index is 1.43. The summed E-state index contributed by atoms with van der Waals surface area (Å²) in [6, 6.07) is 21.6. The summed E-state index contributed by atoms with van der Waals surface area (Å²) in [6.07, 6.45) is 6.86. The van der Waals surface area contributed by atoms with E-state index in [2.05, 4.69) is 65.8 Å². The average Bonchev–Trinajstić information content (AvgIpc) is 3.44. The minimum absolute atomic E-state index is 0.135. The van der Waals surface area contributed by atoms with Gasteiger partial charge in [0.1, 0.15) is 24.5 Å². The number of benzene rings is 3. The van der Waals surface area contributed by atoms with Gasteiger partial charge >= 0.3 is 5.97 Å². The lowest BCUT2D eigenvalue weighted by molar-refractivity contribution is -0.140. The Hall–Kier alpha value is -4.22. The van der Waals surface area contributed by atoms with Crippen molar-refractivity contribution in [2.24, 2.45) is 0 Å². The van der Waals surface area contributed by atoms with Crippen LogP contribution in [0.1, 0.15) is 58.2 Å². The van der Waals surface area contributed by atoms with E-state index < -0.39 is 18.6 Å². The molecule has 220 valence electrons. The minimum atomic E-state index is -1.15. The first-order valence-corrected chi connectivity index (χ1v) is 14.8. The molecule has 1 aliphatic rings. The predicted octanol–water partition coefficient (Wildman–Crippen LogP) is 6.22. The molecule has 0 amide bonds. The van der Waals surface area contributed by atoms with Gasteiger partial charge in [0, 0.05) is 35.1 Å². The van der Waals surface area contributed by atoms with Crippen molar-refractivity contribution in [3.8, 4) is 22.9 Å². The summed E-state index contributed by atoms with van der Waals surface area (Å²) in [5.74, 6) is -0.298. The van der Waals surface area contributed by atoms with Gasteiger partial charge in [-0.25, -0.2) is 0 Å². The third-order valence-corrected chi connectivity index (χ3v) is 8.47. The molecule has 2 atom stereocenters. The minimum Gasteiger partial charge on any atom is -0.489 e. The van der Waals surface area contributed by atoms with Crippen LogP contribution in [0, 0.1) is 11.3 Å². The van der Waals surface area contributed by atoms with Gasteiger partial charge in [-0.05, 0) is 83.2 Å². The number of aromatic nitrogens is 1. The van der Waals surface area contributed by atoms with Crippen molar-refractivity contribution in [3.05, 3.63) is 117 Å². The fraction of sp³-hybridized carbons (Fsp3) is 0.286. The number of ether oxygens (including phenoxy) is 1. The number of halogens is 1. The van der Waals surface area contributed by atoms with Crippen LogP contribution in [0.4, 0.5) is 0 Å². The molecule has 0 bridgehead atoms. The highest BCUT2D eigenvalue weighted by Crippen LogP contribution is 2.43. The molecule has 1 aliphatic carbocycles. The van der Waals surface area contributed by atoms with Crippen molar-refractivity contribution < 1.29 is 19.7 Å². The average molecular weight is 596 g/mol. The van der Waals surface area contributed by atoms with Gasteiger partial charge in [0.15, 0.2) is 0 Å². The van der Waals surface area contributed by atoms with E-state index >= 15 is 0 Å². The normalized spacial score (nSPS) is 14.6. The lowest BCUT2D eigenvalue weighted by atomic mass is 9.89. The molecule has 0 saturated carbocycles. The van der Waals surface area contributed by atoms with Crippen LogP contribution in [-0.4, -0.2) is 33.8 Å². The summed E-state index contributed by atoms with van der Waals surface area (Å²) in [5.41, 5.74) is 9.47. The summed E-state index contributed by atoms with van der Waals surface area (Å²) < 4.78 is 6.22. The molecule has 7 nitrogen and oxygen atoms in total. The van der Waals surface area contributed by atoms with Gasteiger partial charge in [-0.3, -0.25) is 15.1 Å². The summed E-state index contributed by atoms with van der Waals surface area (Å²) in [7, 11) is 0. The number of nitriles is 1. The molecule has 5 rings (SSSR count). The molecule has 3 aromatic carbocycles. The number of rotatable bonds is 12. The highest BCUT2D eigenvalue weighted by atomic mass is 35.5. The van der Waals surface area contributed by atoms with E-state index in [9.17, 15) is 20.3 Å². The van der Waals surface area contributed by atoms with Crippen LogP contribution in [-0.2, 0) is 37.2 Å². The zero-order valence-corrected chi connectivity index (χ0v) is 24.8. The highest BCUT2D eigenvalue weighted by Gasteiger charge is 2.27. The molecule has 8 heteroatoms. The number of carboxylic acid groups (broad SMARTS) is 1. The smallest absolute Gasteiger partial charge is 0.323 e. The van der Waals surface area contributed by atoms with Crippen molar-refractivity contribution in [2.45, 2.75) is 57.7 Å². The number of pyridine rings is 1. The molecule has 1 aromatic heterocycles. The SMILES string of the molecule is CCc1ccccc1-c1cccc2c1CC[C@@H]2Cc1cc(OCc2cncc(C#N)c2)c(CNC(CO)C(=O)O)cc1Cl. The summed E-state index contributed by atoms with van der Waals surface area (Å²) in [6.45, 7) is 1.95. The quantitative estimate of drug-likeness (QED) is 0.178. The highest BCUT2D eigenvalue weighted by molar-refractivity contribution is 6.31. The lowest BCUT2D eigenvalue weighted by Gasteiger charge is -2.19. The van der Waals surface area contributed by atoms with Crippen molar-refractivity contribution in [3.63, 3.8) is 0 Å². The van der Waals surface area contributed by atoms with E-state index in [1.54, 1.807) is 12.3 Å². The first-order valence-electron chi connectivity index (χ1n) is 14.5. The molecule has 1 unspecified atom stereocenters. The van der Waals surface area contributed by atoms with Gasteiger partial charge in [-0.2, -0.15) is 5.26 Å². The number of nitrogens with zero attached hydrogens (tertiary/aromatic N) is 2. The van der Waals surface area contributed by atoms with Crippen LogP contribution < -0.4 is 10.1 Å². The van der Waals surface area contributed by atoms with E-state index in [0.717, 1.165) is 36.8 Å².